The number of aromatic amines is 1. The molecule has 0 spiro atoms. The number of fused-ring (bicyclic) bond motifs is 2. The maximum Gasteiger partial charge on any atom is 0.164 e. The Bertz CT molecular complexity index is 1110. The van der Waals surface area contributed by atoms with Crippen LogP contribution in [0.2, 0.25) is 0 Å². The van der Waals surface area contributed by atoms with E-state index in [4.69, 9.17) is 16.1 Å². The summed E-state index contributed by atoms with van der Waals surface area (Å²) in [5.74, 6) is 0.401. The molecule has 0 saturated carbocycles. The number of hydrogen-bond donors (Lipinski definition) is 2. The molecule has 24 heavy (non-hydrogen) atoms. The van der Waals surface area contributed by atoms with Crippen LogP contribution in [0.5, 0.6) is 0 Å². The van der Waals surface area contributed by atoms with Gasteiger partial charge < -0.3 is 10.7 Å². The Morgan fingerprint density at radius 3 is 2.83 bits per heavy atom. The van der Waals surface area contributed by atoms with Crippen LogP contribution in [0.3, 0.4) is 0 Å². The second-order valence-corrected chi connectivity index (χ2v) is 5.94. The number of rotatable bonds is 2. The Hall–Kier alpha value is -3.40. The molecule has 3 heterocycles. The van der Waals surface area contributed by atoms with Gasteiger partial charge in [-0.25, -0.2) is 14.6 Å². The largest absolute Gasteiger partial charge is 0.383 e. The normalized spacial score (nSPS) is 11.4. The lowest BCUT2D eigenvalue weighted by atomic mass is 10.1. The van der Waals surface area contributed by atoms with Gasteiger partial charge in [-0.3, -0.25) is 0 Å². The van der Waals surface area contributed by atoms with E-state index < -0.39 is 0 Å². The lowest BCUT2D eigenvalue weighted by Crippen LogP contribution is -2.04. The number of benzene rings is 1. The standard InChI is InChI=1S/C17H15N7/c1-9(2)24-17-14(16(19)20-8-21-17)15(23-24)13-6-11-5-10(7-18)3-4-12(11)22-13/h3-6,8-9,22H,1-2H3,(H2,19,20,21). The molecule has 0 saturated heterocycles. The lowest BCUT2D eigenvalue weighted by molar-refractivity contribution is 0.547. The second-order valence-electron chi connectivity index (χ2n) is 5.94. The molecule has 4 rings (SSSR count). The number of H-pyrrole nitrogens is 1. The SMILES string of the molecule is CC(C)n1nc(-c2cc3cc(C#N)ccc3[nH]2)c2c(N)ncnc21. The van der Waals surface area contributed by atoms with Gasteiger partial charge in [0.1, 0.15) is 17.8 Å². The highest BCUT2D eigenvalue weighted by atomic mass is 15.3. The van der Waals surface area contributed by atoms with Gasteiger partial charge >= 0.3 is 0 Å². The number of nitrogens with one attached hydrogen (secondary N) is 1. The second kappa shape index (κ2) is 5.06. The molecule has 7 nitrogen and oxygen atoms in total. The van der Waals surface area contributed by atoms with Crippen LogP contribution in [0.25, 0.3) is 33.3 Å². The number of anilines is 1. The van der Waals surface area contributed by atoms with Gasteiger partial charge in [-0.1, -0.05) is 0 Å². The molecule has 0 bridgehead atoms. The zero-order valence-electron chi connectivity index (χ0n) is 13.3. The molecule has 0 unspecified atom stereocenters. The Morgan fingerprint density at radius 1 is 1.25 bits per heavy atom. The third-order valence-corrected chi connectivity index (χ3v) is 4.01. The lowest BCUT2D eigenvalue weighted by Gasteiger charge is -2.05. The molecular formula is C17H15N7. The number of nitrogen functional groups attached to an aromatic ring is 1. The molecule has 0 atom stereocenters. The number of aromatic nitrogens is 5. The monoisotopic (exact) mass is 317 g/mol. The maximum absolute atomic E-state index is 9.05. The smallest absolute Gasteiger partial charge is 0.164 e. The van der Waals surface area contributed by atoms with Crippen molar-refractivity contribution in [1.29, 1.82) is 5.26 Å². The Kier molecular flexibility index (Phi) is 3.00. The van der Waals surface area contributed by atoms with E-state index in [9.17, 15) is 0 Å². The molecule has 0 amide bonds. The Labute approximate surface area is 137 Å². The van der Waals surface area contributed by atoms with E-state index in [1.807, 2.05) is 36.7 Å². The average molecular weight is 317 g/mol. The predicted octanol–water partition coefficient (Wildman–Crippen LogP) is 3.01. The van der Waals surface area contributed by atoms with Gasteiger partial charge in [-0.05, 0) is 38.1 Å². The molecule has 0 radical (unpaired) electrons. The quantitative estimate of drug-likeness (QED) is 0.590. The first-order chi connectivity index (χ1) is 11.6. The molecular weight excluding hydrogens is 302 g/mol. The highest BCUT2D eigenvalue weighted by molar-refractivity contribution is 6.00. The molecule has 0 aliphatic rings. The zero-order valence-corrected chi connectivity index (χ0v) is 13.3. The van der Waals surface area contributed by atoms with Gasteiger partial charge in [-0.2, -0.15) is 10.4 Å². The van der Waals surface area contributed by atoms with E-state index in [0.29, 0.717) is 22.7 Å². The van der Waals surface area contributed by atoms with E-state index in [0.717, 1.165) is 22.0 Å². The van der Waals surface area contributed by atoms with Crippen molar-refractivity contribution in [1.82, 2.24) is 24.7 Å². The summed E-state index contributed by atoms with van der Waals surface area (Å²) in [5.41, 5.74) is 9.89. The van der Waals surface area contributed by atoms with Crippen molar-refractivity contribution < 1.29 is 0 Å². The summed E-state index contributed by atoms with van der Waals surface area (Å²) in [6.45, 7) is 4.08. The van der Waals surface area contributed by atoms with Crippen molar-refractivity contribution in [3.63, 3.8) is 0 Å². The molecule has 1 aromatic carbocycles. The number of nitrogens with zero attached hydrogens (tertiary/aromatic N) is 5. The first kappa shape index (κ1) is 14.2. The van der Waals surface area contributed by atoms with Crippen LogP contribution >= 0.6 is 0 Å². The van der Waals surface area contributed by atoms with Crippen LogP contribution in [-0.4, -0.2) is 24.7 Å². The van der Waals surface area contributed by atoms with E-state index >= 15 is 0 Å². The van der Waals surface area contributed by atoms with Gasteiger partial charge in [0.2, 0.25) is 0 Å². The van der Waals surface area contributed by atoms with Gasteiger partial charge in [0.15, 0.2) is 5.65 Å². The van der Waals surface area contributed by atoms with Crippen LogP contribution in [0.1, 0.15) is 25.5 Å². The molecule has 0 aliphatic carbocycles. The predicted molar refractivity (Wildman–Crippen MR) is 92.1 cm³/mol. The van der Waals surface area contributed by atoms with E-state index in [1.165, 1.54) is 6.33 Å². The van der Waals surface area contributed by atoms with Crippen molar-refractivity contribution in [2.45, 2.75) is 19.9 Å². The van der Waals surface area contributed by atoms with Crippen molar-refractivity contribution in [3.8, 4) is 17.5 Å². The average Bonchev–Trinajstić information content (AvgIpc) is 3.15. The third-order valence-electron chi connectivity index (χ3n) is 4.01. The minimum atomic E-state index is 0.144. The molecule has 0 fully saturated rings. The Morgan fingerprint density at radius 2 is 2.08 bits per heavy atom. The highest BCUT2D eigenvalue weighted by Gasteiger charge is 2.19. The van der Waals surface area contributed by atoms with Gasteiger partial charge in [0.25, 0.3) is 0 Å². The summed E-state index contributed by atoms with van der Waals surface area (Å²) in [6.07, 6.45) is 1.45. The summed E-state index contributed by atoms with van der Waals surface area (Å²) >= 11 is 0. The maximum atomic E-state index is 9.05. The zero-order chi connectivity index (χ0) is 16.8. The fourth-order valence-corrected chi connectivity index (χ4v) is 2.87. The third kappa shape index (κ3) is 2.01. The summed E-state index contributed by atoms with van der Waals surface area (Å²) in [7, 11) is 0. The van der Waals surface area contributed by atoms with E-state index in [2.05, 4.69) is 21.0 Å². The summed E-state index contributed by atoms with van der Waals surface area (Å²) < 4.78 is 1.84. The molecule has 3 aromatic heterocycles. The van der Waals surface area contributed by atoms with E-state index in [1.54, 1.807) is 6.07 Å². The molecule has 3 N–H and O–H groups in total. The van der Waals surface area contributed by atoms with Crippen LogP contribution in [0.15, 0.2) is 30.6 Å². The summed E-state index contributed by atoms with van der Waals surface area (Å²) in [5, 5.41) is 15.4. The topological polar surface area (TPSA) is 109 Å². The fraction of sp³-hybridized carbons (Fsp3) is 0.176. The van der Waals surface area contributed by atoms with Crippen LogP contribution in [0, 0.1) is 11.3 Å². The molecule has 0 aliphatic heterocycles. The summed E-state index contributed by atoms with van der Waals surface area (Å²) in [6, 6.07) is 9.78. The number of hydrogen-bond acceptors (Lipinski definition) is 5. The minimum Gasteiger partial charge on any atom is -0.383 e. The first-order valence-corrected chi connectivity index (χ1v) is 7.60. The van der Waals surface area contributed by atoms with Gasteiger partial charge in [0, 0.05) is 16.9 Å². The van der Waals surface area contributed by atoms with Crippen molar-refractivity contribution in [3.05, 3.63) is 36.2 Å². The highest BCUT2D eigenvalue weighted by Crippen LogP contribution is 2.32. The molecule has 118 valence electrons. The molecule has 4 aromatic rings. The van der Waals surface area contributed by atoms with Crippen LogP contribution < -0.4 is 5.73 Å². The Balaban J connectivity index is 2.01. The first-order valence-electron chi connectivity index (χ1n) is 7.60. The van der Waals surface area contributed by atoms with Gasteiger partial charge in [0.05, 0.1) is 22.7 Å². The fourth-order valence-electron chi connectivity index (χ4n) is 2.87. The van der Waals surface area contributed by atoms with Crippen LogP contribution in [0.4, 0.5) is 5.82 Å². The number of nitriles is 1. The van der Waals surface area contributed by atoms with Crippen molar-refractivity contribution in [2.75, 3.05) is 5.73 Å². The minimum absolute atomic E-state index is 0.144. The van der Waals surface area contributed by atoms with E-state index in [-0.39, 0.29) is 6.04 Å². The number of nitrogens with two attached hydrogens (primary N) is 1. The van der Waals surface area contributed by atoms with Gasteiger partial charge in [-0.15, -0.1) is 0 Å². The van der Waals surface area contributed by atoms with Crippen molar-refractivity contribution >= 4 is 27.8 Å². The summed E-state index contributed by atoms with van der Waals surface area (Å²) in [4.78, 5) is 11.8. The molecule has 7 heteroatoms. The van der Waals surface area contributed by atoms with Crippen LogP contribution in [-0.2, 0) is 0 Å². The van der Waals surface area contributed by atoms with Crippen molar-refractivity contribution in [2.24, 2.45) is 0 Å².